The van der Waals surface area contributed by atoms with E-state index in [9.17, 15) is 4.79 Å². The summed E-state index contributed by atoms with van der Waals surface area (Å²) in [5.74, 6) is 2.31. The average Bonchev–Trinajstić information content (AvgIpc) is 3.69. The molecule has 10 heteroatoms. The van der Waals surface area contributed by atoms with Crippen molar-refractivity contribution in [1.29, 1.82) is 0 Å². The molecule has 0 amide bonds. The Labute approximate surface area is 226 Å². The third kappa shape index (κ3) is 5.26. The van der Waals surface area contributed by atoms with Gasteiger partial charge >= 0.3 is 0 Å². The van der Waals surface area contributed by atoms with E-state index in [0.29, 0.717) is 19.6 Å². The van der Waals surface area contributed by atoms with Gasteiger partial charge in [0.2, 0.25) is 12.6 Å². The molecule has 2 aliphatic rings. The largest absolute Gasteiger partial charge is 0.454 e. The first-order chi connectivity index (χ1) is 19.0. The zero-order chi connectivity index (χ0) is 26.9. The Morgan fingerprint density at radius 1 is 1.10 bits per heavy atom. The first-order valence-electron chi connectivity index (χ1n) is 13.7. The lowest BCUT2D eigenvalue weighted by molar-refractivity contribution is -0.959. The van der Waals surface area contributed by atoms with Crippen molar-refractivity contribution in [2.45, 2.75) is 71.8 Å². The third-order valence-electron chi connectivity index (χ3n) is 7.99. The van der Waals surface area contributed by atoms with Gasteiger partial charge in [-0.3, -0.25) is 4.79 Å². The average molecular weight is 532 g/mol. The van der Waals surface area contributed by atoms with Crippen LogP contribution in [-0.2, 0) is 24.4 Å². The maximum absolute atomic E-state index is 13.3. The Morgan fingerprint density at radius 2 is 1.95 bits per heavy atom. The molecular formula is C29H35N6O4+. The van der Waals surface area contributed by atoms with Crippen LogP contribution < -0.4 is 19.9 Å². The third-order valence-corrected chi connectivity index (χ3v) is 7.99. The number of nitrogens with zero attached hydrogens (tertiary/aromatic N) is 4. The Morgan fingerprint density at radius 3 is 2.77 bits per heavy atom. The van der Waals surface area contributed by atoms with Crippen molar-refractivity contribution >= 4 is 10.9 Å². The zero-order valence-electron chi connectivity index (χ0n) is 22.7. The van der Waals surface area contributed by atoms with Crippen molar-refractivity contribution in [3.05, 3.63) is 74.8 Å². The highest BCUT2D eigenvalue weighted by molar-refractivity contribution is 5.80. The van der Waals surface area contributed by atoms with Gasteiger partial charge in [-0.25, -0.2) is 4.68 Å². The molecule has 10 nitrogen and oxygen atoms in total. The molecule has 0 spiro atoms. The van der Waals surface area contributed by atoms with Gasteiger partial charge in [0.05, 0.1) is 18.2 Å². The molecular weight excluding hydrogens is 496 g/mol. The number of pyridine rings is 1. The normalized spacial score (nSPS) is 18.1. The Bertz CT molecular complexity index is 1540. The summed E-state index contributed by atoms with van der Waals surface area (Å²) in [5, 5.41) is 13.9. The van der Waals surface area contributed by atoms with Gasteiger partial charge in [-0.2, -0.15) is 0 Å². The van der Waals surface area contributed by atoms with Gasteiger partial charge in [0.15, 0.2) is 11.5 Å². The van der Waals surface area contributed by atoms with Crippen LogP contribution in [0, 0.1) is 13.8 Å². The van der Waals surface area contributed by atoms with E-state index in [1.54, 1.807) is 0 Å². The second-order valence-electron chi connectivity index (χ2n) is 10.7. The van der Waals surface area contributed by atoms with Gasteiger partial charge in [0.25, 0.3) is 5.56 Å². The van der Waals surface area contributed by atoms with E-state index in [4.69, 9.17) is 14.2 Å². The molecule has 6 rings (SSSR count). The Balaban J connectivity index is 1.36. The number of H-pyrrole nitrogens is 1. The molecule has 4 heterocycles. The van der Waals surface area contributed by atoms with Gasteiger partial charge in [-0.05, 0) is 90.0 Å². The summed E-state index contributed by atoms with van der Waals surface area (Å²) >= 11 is 0. The fourth-order valence-electron chi connectivity index (χ4n) is 5.75. The number of nitrogens with one attached hydrogen (secondary N) is 2. The van der Waals surface area contributed by atoms with Crippen LogP contribution in [0.2, 0.25) is 0 Å². The van der Waals surface area contributed by atoms with Crippen LogP contribution in [0.15, 0.2) is 41.2 Å². The van der Waals surface area contributed by atoms with E-state index < -0.39 is 0 Å². The predicted octanol–water partition coefficient (Wildman–Crippen LogP) is 2.78. The summed E-state index contributed by atoms with van der Waals surface area (Å²) in [5.41, 5.74) is 4.97. The Hall–Kier alpha value is -3.76. The quantitative estimate of drug-likeness (QED) is 0.342. The first-order valence-corrected chi connectivity index (χ1v) is 13.7. The zero-order valence-corrected chi connectivity index (χ0v) is 22.7. The maximum Gasteiger partial charge on any atom is 0.257 e. The second kappa shape index (κ2) is 10.8. The second-order valence-corrected chi connectivity index (χ2v) is 10.7. The molecule has 3 unspecified atom stereocenters. The van der Waals surface area contributed by atoms with E-state index in [1.807, 2.05) is 28.9 Å². The van der Waals surface area contributed by atoms with Crippen molar-refractivity contribution in [3.8, 4) is 11.5 Å². The fourth-order valence-corrected chi connectivity index (χ4v) is 5.75. The standard InChI is InChI=1S/C29H34N6O4/c1-4-25(28-31-32-33-35(28)16-23-6-5-9-37-23)34(14-20-7-8-26-27(12-20)39-17-38-26)15-22-13-21-10-18(2)19(3)11-24(21)30-29(22)36/h7-8,10-13,23,25H,4-6,9,14-17H2,1-3H3,(H,30,36)/p+1. The molecule has 2 aliphatic heterocycles. The van der Waals surface area contributed by atoms with E-state index in [2.05, 4.69) is 53.4 Å². The lowest BCUT2D eigenvalue weighted by Crippen LogP contribution is -3.10. The minimum Gasteiger partial charge on any atom is -0.454 e. The van der Waals surface area contributed by atoms with Crippen LogP contribution in [-0.4, -0.2) is 44.7 Å². The van der Waals surface area contributed by atoms with E-state index >= 15 is 0 Å². The molecule has 1 fully saturated rings. The monoisotopic (exact) mass is 531 g/mol. The molecule has 0 radical (unpaired) electrons. The van der Waals surface area contributed by atoms with E-state index in [-0.39, 0.29) is 24.5 Å². The number of benzene rings is 2. The van der Waals surface area contributed by atoms with Crippen molar-refractivity contribution in [2.75, 3.05) is 13.4 Å². The number of tetrazole rings is 1. The topological polar surface area (TPSA) is 109 Å². The number of hydrogen-bond donors (Lipinski definition) is 2. The van der Waals surface area contributed by atoms with E-state index in [1.165, 1.54) is 10.5 Å². The van der Waals surface area contributed by atoms with Gasteiger partial charge in [-0.15, -0.1) is 5.10 Å². The van der Waals surface area contributed by atoms with Crippen LogP contribution >= 0.6 is 0 Å². The summed E-state index contributed by atoms with van der Waals surface area (Å²) < 4.78 is 18.9. The number of aryl methyl sites for hydroxylation is 2. The number of aromatic nitrogens is 5. The molecule has 204 valence electrons. The van der Waals surface area contributed by atoms with Crippen molar-refractivity contribution in [2.24, 2.45) is 0 Å². The molecule has 2 aromatic heterocycles. The molecule has 39 heavy (non-hydrogen) atoms. The van der Waals surface area contributed by atoms with Crippen LogP contribution in [0.1, 0.15) is 60.3 Å². The van der Waals surface area contributed by atoms with Crippen molar-refractivity contribution in [1.82, 2.24) is 25.2 Å². The highest BCUT2D eigenvalue weighted by Crippen LogP contribution is 2.32. The summed E-state index contributed by atoms with van der Waals surface area (Å²) in [6, 6.07) is 12.2. The number of rotatable bonds is 9. The Kier molecular flexibility index (Phi) is 7.05. The molecule has 2 aromatic carbocycles. The minimum absolute atomic E-state index is 0.0401. The van der Waals surface area contributed by atoms with Crippen molar-refractivity contribution < 1.29 is 19.1 Å². The predicted molar refractivity (Wildman–Crippen MR) is 145 cm³/mol. The summed E-state index contributed by atoms with van der Waals surface area (Å²) in [4.78, 5) is 17.6. The van der Waals surface area contributed by atoms with Gasteiger partial charge < -0.3 is 24.1 Å². The lowest BCUT2D eigenvalue weighted by Gasteiger charge is -2.28. The number of aromatic amines is 1. The van der Waals surface area contributed by atoms with Gasteiger partial charge in [-0.1, -0.05) is 6.92 Å². The SMILES string of the molecule is CCC(c1nnnn1CC1CCCO1)[NH+](Cc1ccc2c(c1)OCO2)Cc1cc2cc(C)c(C)cc2[nH]c1=O. The molecule has 2 N–H and O–H groups in total. The highest BCUT2D eigenvalue weighted by Gasteiger charge is 2.31. The molecule has 0 saturated carbocycles. The van der Waals surface area contributed by atoms with Crippen LogP contribution in [0.4, 0.5) is 0 Å². The number of hydrogen-bond acceptors (Lipinski definition) is 7. The van der Waals surface area contributed by atoms with Crippen LogP contribution in [0.25, 0.3) is 10.9 Å². The number of quaternary nitrogens is 1. The summed E-state index contributed by atoms with van der Waals surface area (Å²) in [6.45, 7) is 9.12. The van der Waals surface area contributed by atoms with Crippen molar-refractivity contribution in [3.63, 3.8) is 0 Å². The van der Waals surface area contributed by atoms with Crippen LogP contribution in [0.5, 0.6) is 11.5 Å². The van der Waals surface area contributed by atoms with Crippen LogP contribution in [0.3, 0.4) is 0 Å². The minimum atomic E-state index is -0.0669. The number of ether oxygens (including phenoxy) is 3. The fraction of sp³-hybridized carbons (Fsp3) is 0.448. The maximum atomic E-state index is 13.3. The van der Waals surface area contributed by atoms with E-state index in [0.717, 1.165) is 70.8 Å². The van der Waals surface area contributed by atoms with Gasteiger partial charge in [0, 0.05) is 24.1 Å². The highest BCUT2D eigenvalue weighted by atomic mass is 16.7. The lowest BCUT2D eigenvalue weighted by atomic mass is 10.0. The number of fused-ring (bicyclic) bond motifs is 2. The molecule has 4 aromatic rings. The molecule has 3 atom stereocenters. The first kappa shape index (κ1) is 25.5. The molecule has 0 bridgehead atoms. The summed E-state index contributed by atoms with van der Waals surface area (Å²) in [7, 11) is 0. The van der Waals surface area contributed by atoms with Gasteiger partial charge in [0.1, 0.15) is 19.1 Å². The molecule has 0 aliphatic carbocycles. The molecule has 1 saturated heterocycles. The smallest absolute Gasteiger partial charge is 0.257 e. The summed E-state index contributed by atoms with van der Waals surface area (Å²) in [6.07, 6.45) is 2.99.